The number of thiazole rings is 1. The van der Waals surface area contributed by atoms with Crippen molar-refractivity contribution >= 4 is 38.1 Å². The van der Waals surface area contributed by atoms with Crippen molar-refractivity contribution in [1.82, 2.24) is 4.98 Å². The lowest BCUT2D eigenvalue weighted by molar-refractivity contribution is 0.102. The maximum atomic E-state index is 12.3. The molecule has 0 unspecified atom stereocenters. The van der Waals surface area contributed by atoms with Crippen LogP contribution in [-0.4, -0.2) is 26.4 Å². The summed E-state index contributed by atoms with van der Waals surface area (Å²) < 4.78 is 32.0. The zero-order valence-electron chi connectivity index (χ0n) is 13.7. The Hall–Kier alpha value is -2.91. The Kier molecular flexibility index (Phi) is 5.19. The van der Waals surface area contributed by atoms with Crippen LogP contribution < -0.4 is 14.8 Å². The number of ether oxygens (including phenoxy) is 1. The summed E-state index contributed by atoms with van der Waals surface area (Å²) in [4.78, 5) is 16.4. The van der Waals surface area contributed by atoms with Gasteiger partial charge in [-0.05, 0) is 36.4 Å². The third kappa shape index (κ3) is 4.19. The van der Waals surface area contributed by atoms with Gasteiger partial charge in [0.15, 0.2) is 5.13 Å². The van der Waals surface area contributed by atoms with Crippen LogP contribution in [0.4, 0.5) is 10.8 Å². The third-order valence-corrected chi connectivity index (χ3v) is 5.60. The van der Waals surface area contributed by atoms with E-state index in [-0.39, 0.29) is 15.7 Å². The Bertz CT molecular complexity index is 1000. The monoisotopic (exact) mass is 389 g/mol. The van der Waals surface area contributed by atoms with E-state index in [0.717, 1.165) is 11.3 Å². The van der Waals surface area contributed by atoms with Crippen molar-refractivity contribution in [3.8, 4) is 5.75 Å². The number of anilines is 2. The van der Waals surface area contributed by atoms with Crippen LogP contribution >= 0.6 is 11.3 Å². The molecule has 7 nitrogen and oxygen atoms in total. The molecule has 0 bridgehead atoms. The van der Waals surface area contributed by atoms with Crippen LogP contribution in [0.1, 0.15) is 10.5 Å². The first-order valence-electron chi connectivity index (χ1n) is 7.47. The summed E-state index contributed by atoms with van der Waals surface area (Å²) in [6, 6.07) is 14.8. The lowest BCUT2D eigenvalue weighted by Crippen LogP contribution is -2.14. The molecular formula is C17H15N3O4S2. The van der Waals surface area contributed by atoms with Crippen LogP contribution in [0, 0.1) is 0 Å². The van der Waals surface area contributed by atoms with Gasteiger partial charge in [-0.25, -0.2) is 13.4 Å². The molecule has 0 aliphatic heterocycles. The summed E-state index contributed by atoms with van der Waals surface area (Å²) in [5.74, 6) is 0.242. The topological polar surface area (TPSA) is 97.4 Å². The van der Waals surface area contributed by atoms with E-state index < -0.39 is 15.9 Å². The summed E-state index contributed by atoms with van der Waals surface area (Å²) >= 11 is 1.03. The van der Waals surface area contributed by atoms with Crippen LogP contribution in [0.2, 0.25) is 0 Å². The Balaban J connectivity index is 1.70. The number of nitrogens with one attached hydrogen (secondary N) is 2. The highest BCUT2D eigenvalue weighted by molar-refractivity contribution is 7.93. The smallest absolute Gasteiger partial charge is 0.275 e. The number of benzene rings is 2. The fourth-order valence-electron chi connectivity index (χ4n) is 2.07. The summed E-state index contributed by atoms with van der Waals surface area (Å²) in [6.45, 7) is 0. The number of nitrogens with zero attached hydrogens (tertiary/aromatic N) is 1. The number of aromatic nitrogens is 1. The number of amides is 1. The second-order valence-corrected chi connectivity index (χ2v) is 7.68. The number of hydrogen-bond donors (Lipinski definition) is 2. The molecule has 0 aliphatic rings. The molecule has 0 atom stereocenters. The molecule has 0 aliphatic carbocycles. The zero-order chi connectivity index (χ0) is 18.6. The highest BCUT2D eigenvalue weighted by Gasteiger charge is 2.17. The average molecular weight is 389 g/mol. The van der Waals surface area contributed by atoms with Gasteiger partial charge in [0.25, 0.3) is 15.9 Å². The molecule has 1 aromatic heterocycles. The van der Waals surface area contributed by atoms with Crippen molar-refractivity contribution in [2.24, 2.45) is 0 Å². The predicted molar refractivity (Wildman–Crippen MR) is 100 cm³/mol. The number of rotatable bonds is 6. The summed E-state index contributed by atoms with van der Waals surface area (Å²) in [5, 5.41) is 4.30. The van der Waals surface area contributed by atoms with Gasteiger partial charge >= 0.3 is 0 Å². The van der Waals surface area contributed by atoms with Crippen LogP contribution in [0.25, 0.3) is 0 Å². The first kappa shape index (κ1) is 17.9. The summed E-state index contributed by atoms with van der Waals surface area (Å²) in [7, 11) is -2.18. The van der Waals surface area contributed by atoms with Crippen LogP contribution in [-0.2, 0) is 10.0 Å². The highest BCUT2D eigenvalue weighted by atomic mass is 32.2. The summed E-state index contributed by atoms with van der Waals surface area (Å²) in [6.07, 6.45) is 0. The molecule has 0 saturated carbocycles. The predicted octanol–water partition coefficient (Wildman–Crippen LogP) is 3.20. The van der Waals surface area contributed by atoms with E-state index in [2.05, 4.69) is 15.0 Å². The SMILES string of the molecule is COc1ccc(NC(=O)c2csc(NS(=O)(=O)c3ccccc3)n2)cc1. The lowest BCUT2D eigenvalue weighted by atomic mass is 10.3. The molecule has 0 fully saturated rings. The maximum Gasteiger partial charge on any atom is 0.275 e. The number of hydrogen-bond acceptors (Lipinski definition) is 6. The van der Waals surface area contributed by atoms with Gasteiger partial charge in [0.05, 0.1) is 12.0 Å². The molecular weight excluding hydrogens is 374 g/mol. The molecule has 2 N–H and O–H groups in total. The van der Waals surface area contributed by atoms with Crippen LogP contribution in [0.5, 0.6) is 5.75 Å². The van der Waals surface area contributed by atoms with E-state index in [4.69, 9.17) is 4.74 Å². The van der Waals surface area contributed by atoms with E-state index in [1.165, 1.54) is 17.5 Å². The molecule has 1 heterocycles. The van der Waals surface area contributed by atoms with Crippen molar-refractivity contribution in [3.05, 3.63) is 65.7 Å². The first-order chi connectivity index (χ1) is 12.5. The largest absolute Gasteiger partial charge is 0.497 e. The minimum absolute atomic E-state index is 0.119. The molecule has 0 spiro atoms. The molecule has 0 radical (unpaired) electrons. The molecule has 2 aromatic carbocycles. The maximum absolute atomic E-state index is 12.3. The van der Waals surface area contributed by atoms with Gasteiger partial charge in [0.2, 0.25) is 0 Å². The molecule has 1 amide bonds. The molecule has 3 rings (SSSR count). The number of carbonyl (C=O) groups is 1. The Morgan fingerprint density at radius 3 is 2.42 bits per heavy atom. The Labute approximate surface area is 154 Å². The minimum Gasteiger partial charge on any atom is -0.497 e. The van der Waals surface area contributed by atoms with E-state index in [1.807, 2.05) is 0 Å². The number of methoxy groups -OCH3 is 1. The quantitative estimate of drug-likeness (QED) is 0.675. The fourth-order valence-corrected chi connectivity index (χ4v) is 4.03. The van der Waals surface area contributed by atoms with E-state index in [0.29, 0.717) is 11.4 Å². The van der Waals surface area contributed by atoms with Gasteiger partial charge < -0.3 is 10.1 Å². The van der Waals surface area contributed by atoms with Crippen molar-refractivity contribution in [2.75, 3.05) is 17.1 Å². The minimum atomic E-state index is -3.74. The normalized spacial score (nSPS) is 11.0. The average Bonchev–Trinajstić information content (AvgIpc) is 3.11. The first-order valence-corrected chi connectivity index (χ1v) is 9.83. The van der Waals surface area contributed by atoms with E-state index in [1.54, 1.807) is 49.6 Å². The third-order valence-electron chi connectivity index (χ3n) is 3.36. The van der Waals surface area contributed by atoms with Crippen LogP contribution in [0.15, 0.2) is 64.9 Å². The van der Waals surface area contributed by atoms with Crippen LogP contribution in [0.3, 0.4) is 0 Å². The Morgan fingerprint density at radius 2 is 1.77 bits per heavy atom. The van der Waals surface area contributed by atoms with Gasteiger partial charge in [-0.1, -0.05) is 18.2 Å². The number of carbonyl (C=O) groups excluding carboxylic acids is 1. The van der Waals surface area contributed by atoms with Gasteiger partial charge in [-0.2, -0.15) is 0 Å². The molecule has 9 heteroatoms. The Morgan fingerprint density at radius 1 is 1.08 bits per heavy atom. The second kappa shape index (κ2) is 7.54. The van der Waals surface area contributed by atoms with Gasteiger partial charge in [-0.3, -0.25) is 9.52 Å². The van der Waals surface area contributed by atoms with Gasteiger partial charge in [0, 0.05) is 11.1 Å². The van der Waals surface area contributed by atoms with E-state index in [9.17, 15) is 13.2 Å². The molecule has 3 aromatic rings. The molecule has 26 heavy (non-hydrogen) atoms. The van der Waals surface area contributed by atoms with Crippen molar-refractivity contribution in [1.29, 1.82) is 0 Å². The zero-order valence-corrected chi connectivity index (χ0v) is 15.3. The van der Waals surface area contributed by atoms with Crippen molar-refractivity contribution < 1.29 is 17.9 Å². The van der Waals surface area contributed by atoms with E-state index >= 15 is 0 Å². The van der Waals surface area contributed by atoms with Crippen molar-refractivity contribution in [3.63, 3.8) is 0 Å². The van der Waals surface area contributed by atoms with Crippen molar-refractivity contribution in [2.45, 2.75) is 4.90 Å². The lowest BCUT2D eigenvalue weighted by Gasteiger charge is -2.05. The second-order valence-electron chi connectivity index (χ2n) is 5.14. The molecule has 134 valence electrons. The van der Waals surface area contributed by atoms with Gasteiger partial charge in [-0.15, -0.1) is 11.3 Å². The van der Waals surface area contributed by atoms with Gasteiger partial charge in [0.1, 0.15) is 11.4 Å². The standard InChI is InChI=1S/C17H15N3O4S2/c1-24-13-9-7-12(8-10-13)18-16(21)15-11-25-17(19-15)20-26(22,23)14-5-3-2-4-6-14/h2-11H,1H3,(H,18,21)(H,19,20). The number of sulfonamides is 1. The summed E-state index contributed by atoms with van der Waals surface area (Å²) in [5.41, 5.74) is 0.701. The highest BCUT2D eigenvalue weighted by Crippen LogP contribution is 2.21. The molecule has 0 saturated heterocycles. The fraction of sp³-hybridized carbons (Fsp3) is 0.0588.